The number of rotatable bonds is 7. The Morgan fingerprint density at radius 3 is 2.48 bits per heavy atom. The van der Waals surface area contributed by atoms with Gasteiger partial charge in [0.25, 0.3) is 11.8 Å². The molecular weight excluding hydrogens is 464 g/mol. The van der Waals surface area contributed by atoms with Crippen molar-refractivity contribution >= 4 is 45.5 Å². The number of nitrogens with zero attached hydrogens (tertiary/aromatic N) is 1. The largest absolute Gasteiger partial charge is 0.490 e. The second-order valence-electron chi connectivity index (χ2n) is 6.88. The van der Waals surface area contributed by atoms with Crippen molar-refractivity contribution in [2.75, 3.05) is 18.1 Å². The third kappa shape index (κ3) is 4.96. The highest BCUT2D eigenvalue weighted by molar-refractivity contribution is 9.10. The number of amides is 4. The fourth-order valence-electron chi connectivity index (χ4n) is 3.13. The molecule has 0 bridgehead atoms. The quantitative estimate of drug-likeness (QED) is 0.456. The van der Waals surface area contributed by atoms with Crippen LogP contribution in [0, 0.1) is 6.92 Å². The SMILES string of the molecule is CCCOc1ccc(/C=C2/C(=O)NC(=O)N(c3ccc(Br)cc3C)C2=O)cc1OCC. The van der Waals surface area contributed by atoms with E-state index in [2.05, 4.69) is 21.2 Å². The van der Waals surface area contributed by atoms with Crippen LogP contribution in [0.3, 0.4) is 0 Å². The van der Waals surface area contributed by atoms with Crippen molar-refractivity contribution in [2.45, 2.75) is 27.2 Å². The summed E-state index contributed by atoms with van der Waals surface area (Å²) in [5.74, 6) is -0.327. The van der Waals surface area contributed by atoms with Gasteiger partial charge in [-0.3, -0.25) is 14.9 Å². The van der Waals surface area contributed by atoms with Crippen LogP contribution in [0.15, 0.2) is 46.4 Å². The van der Waals surface area contributed by atoms with Gasteiger partial charge in [0.1, 0.15) is 5.57 Å². The molecule has 7 nitrogen and oxygen atoms in total. The summed E-state index contributed by atoms with van der Waals surface area (Å²) in [5, 5.41) is 2.24. The van der Waals surface area contributed by atoms with E-state index in [4.69, 9.17) is 9.47 Å². The highest BCUT2D eigenvalue weighted by Gasteiger charge is 2.37. The van der Waals surface area contributed by atoms with Crippen LogP contribution >= 0.6 is 15.9 Å². The Balaban J connectivity index is 1.98. The van der Waals surface area contributed by atoms with Crippen molar-refractivity contribution in [1.82, 2.24) is 5.32 Å². The molecule has 0 spiro atoms. The molecule has 2 aromatic rings. The van der Waals surface area contributed by atoms with Crippen molar-refractivity contribution < 1.29 is 23.9 Å². The summed E-state index contributed by atoms with van der Waals surface area (Å²) >= 11 is 3.37. The number of nitrogens with one attached hydrogen (secondary N) is 1. The average Bonchev–Trinajstić information content (AvgIpc) is 2.72. The first-order valence-corrected chi connectivity index (χ1v) is 10.7. The molecule has 1 heterocycles. The summed E-state index contributed by atoms with van der Waals surface area (Å²) in [7, 11) is 0. The lowest BCUT2D eigenvalue weighted by Crippen LogP contribution is -2.54. The standard InChI is InChI=1S/C23H23BrN2O5/c1-4-10-31-19-9-6-15(13-20(19)30-5-2)12-17-21(27)25-23(29)26(22(17)28)18-8-7-16(24)11-14(18)3/h6-9,11-13H,4-5,10H2,1-3H3,(H,25,27,29)/b17-12-. The summed E-state index contributed by atoms with van der Waals surface area (Å²) in [6, 6.07) is 9.55. The van der Waals surface area contributed by atoms with Crippen molar-refractivity contribution in [3.05, 3.63) is 57.6 Å². The lowest BCUT2D eigenvalue weighted by Gasteiger charge is -2.27. The van der Waals surface area contributed by atoms with Crippen molar-refractivity contribution in [2.24, 2.45) is 0 Å². The number of carbonyl (C=O) groups excluding carboxylic acids is 3. The Bertz CT molecular complexity index is 1060. The van der Waals surface area contributed by atoms with Gasteiger partial charge in [0.2, 0.25) is 0 Å². The van der Waals surface area contributed by atoms with Crippen molar-refractivity contribution in [1.29, 1.82) is 0 Å². The Kier molecular flexibility index (Phi) is 7.12. The van der Waals surface area contributed by atoms with Crippen LogP contribution in [0.1, 0.15) is 31.4 Å². The number of hydrogen-bond acceptors (Lipinski definition) is 5. The molecule has 31 heavy (non-hydrogen) atoms. The number of urea groups is 1. The molecule has 162 valence electrons. The minimum Gasteiger partial charge on any atom is -0.490 e. The van der Waals surface area contributed by atoms with Gasteiger partial charge >= 0.3 is 6.03 Å². The lowest BCUT2D eigenvalue weighted by atomic mass is 10.1. The number of halogens is 1. The molecule has 0 saturated carbocycles. The van der Waals surface area contributed by atoms with Gasteiger partial charge in [-0.15, -0.1) is 0 Å². The molecule has 3 rings (SSSR count). The van der Waals surface area contributed by atoms with E-state index in [-0.39, 0.29) is 5.57 Å². The van der Waals surface area contributed by atoms with E-state index in [0.29, 0.717) is 41.5 Å². The smallest absolute Gasteiger partial charge is 0.335 e. The number of carbonyl (C=O) groups is 3. The highest BCUT2D eigenvalue weighted by atomic mass is 79.9. The lowest BCUT2D eigenvalue weighted by molar-refractivity contribution is -0.122. The van der Waals surface area contributed by atoms with Gasteiger partial charge in [0.15, 0.2) is 11.5 Å². The van der Waals surface area contributed by atoms with E-state index in [1.54, 1.807) is 43.3 Å². The molecule has 1 fully saturated rings. The van der Waals surface area contributed by atoms with E-state index in [1.165, 1.54) is 6.08 Å². The zero-order valence-electron chi connectivity index (χ0n) is 17.5. The number of hydrogen-bond donors (Lipinski definition) is 1. The zero-order valence-corrected chi connectivity index (χ0v) is 19.1. The average molecular weight is 487 g/mol. The van der Waals surface area contributed by atoms with Gasteiger partial charge in [-0.25, -0.2) is 9.69 Å². The maximum Gasteiger partial charge on any atom is 0.335 e. The second-order valence-corrected chi connectivity index (χ2v) is 7.79. The topological polar surface area (TPSA) is 84.9 Å². The molecule has 2 aromatic carbocycles. The first-order chi connectivity index (χ1) is 14.8. The van der Waals surface area contributed by atoms with Crippen LogP contribution < -0.4 is 19.7 Å². The number of aryl methyl sites for hydroxylation is 1. The Hall–Kier alpha value is -3.13. The van der Waals surface area contributed by atoms with Gasteiger partial charge in [-0.2, -0.15) is 0 Å². The molecule has 0 radical (unpaired) electrons. The van der Waals surface area contributed by atoms with E-state index in [1.807, 2.05) is 13.8 Å². The number of imide groups is 2. The van der Waals surface area contributed by atoms with E-state index < -0.39 is 17.8 Å². The van der Waals surface area contributed by atoms with Crippen molar-refractivity contribution in [3.8, 4) is 11.5 Å². The van der Waals surface area contributed by atoms with Gasteiger partial charge in [-0.1, -0.05) is 28.9 Å². The molecule has 8 heteroatoms. The maximum atomic E-state index is 13.1. The number of barbiturate groups is 1. The third-order valence-electron chi connectivity index (χ3n) is 4.54. The zero-order chi connectivity index (χ0) is 22.5. The van der Waals surface area contributed by atoms with E-state index in [9.17, 15) is 14.4 Å². The van der Waals surface area contributed by atoms with Crippen LogP contribution in [0.5, 0.6) is 11.5 Å². The molecule has 0 atom stereocenters. The summed E-state index contributed by atoms with van der Waals surface area (Å²) in [6.45, 7) is 6.63. The fourth-order valence-corrected chi connectivity index (χ4v) is 3.60. The van der Waals surface area contributed by atoms with Crippen LogP contribution in [0.4, 0.5) is 10.5 Å². The first-order valence-electron chi connectivity index (χ1n) is 9.93. The Labute approximate surface area is 189 Å². The molecule has 1 N–H and O–H groups in total. The fraction of sp³-hybridized carbons (Fsp3) is 0.261. The first kappa shape index (κ1) is 22.6. The van der Waals surface area contributed by atoms with E-state index in [0.717, 1.165) is 15.8 Å². The number of benzene rings is 2. The summed E-state index contributed by atoms with van der Waals surface area (Å²) in [4.78, 5) is 39.0. The maximum absolute atomic E-state index is 13.1. The van der Waals surface area contributed by atoms with Gasteiger partial charge in [-0.05, 0) is 67.8 Å². The molecule has 1 saturated heterocycles. The molecule has 1 aliphatic rings. The predicted molar refractivity (Wildman–Crippen MR) is 121 cm³/mol. The molecular formula is C23H23BrN2O5. The monoisotopic (exact) mass is 486 g/mol. The van der Waals surface area contributed by atoms with Crippen LogP contribution in [0.2, 0.25) is 0 Å². The molecule has 0 unspecified atom stereocenters. The van der Waals surface area contributed by atoms with Gasteiger partial charge in [0, 0.05) is 4.47 Å². The summed E-state index contributed by atoms with van der Waals surface area (Å²) in [5.41, 5.74) is 1.55. The summed E-state index contributed by atoms with van der Waals surface area (Å²) in [6.07, 6.45) is 2.29. The molecule has 0 aromatic heterocycles. The normalized spacial score (nSPS) is 15.3. The second kappa shape index (κ2) is 9.78. The minimum absolute atomic E-state index is 0.147. The van der Waals surface area contributed by atoms with Crippen LogP contribution in [0.25, 0.3) is 6.08 Å². The van der Waals surface area contributed by atoms with Crippen LogP contribution in [-0.2, 0) is 9.59 Å². The third-order valence-corrected chi connectivity index (χ3v) is 5.03. The molecule has 0 aliphatic carbocycles. The van der Waals surface area contributed by atoms with E-state index >= 15 is 0 Å². The number of ether oxygens (including phenoxy) is 2. The Morgan fingerprint density at radius 2 is 1.81 bits per heavy atom. The van der Waals surface area contributed by atoms with Gasteiger partial charge < -0.3 is 9.47 Å². The molecule has 4 amide bonds. The Morgan fingerprint density at radius 1 is 1.03 bits per heavy atom. The molecule has 1 aliphatic heterocycles. The van der Waals surface area contributed by atoms with Crippen LogP contribution in [-0.4, -0.2) is 31.1 Å². The van der Waals surface area contributed by atoms with Gasteiger partial charge in [0.05, 0.1) is 18.9 Å². The number of anilines is 1. The predicted octanol–water partition coefficient (Wildman–Crippen LogP) is 4.61. The summed E-state index contributed by atoms with van der Waals surface area (Å²) < 4.78 is 12.2. The van der Waals surface area contributed by atoms with Crippen molar-refractivity contribution in [3.63, 3.8) is 0 Å². The minimum atomic E-state index is -0.782. The highest BCUT2D eigenvalue weighted by Crippen LogP contribution is 2.31.